The SMILES string of the molecule is C[C@@](O)(CNC(=O)Nc1ccnn1C1CCCCC1)c1ccsc1. The molecule has 2 heterocycles. The second kappa shape index (κ2) is 7.36. The molecule has 130 valence electrons. The van der Waals surface area contributed by atoms with E-state index < -0.39 is 5.60 Å². The fourth-order valence-corrected chi connectivity index (χ4v) is 3.90. The van der Waals surface area contributed by atoms with Gasteiger partial charge in [0, 0.05) is 6.07 Å². The molecule has 1 aliphatic carbocycles. The van der Waals surface area contributed by atoms with Crippen LogP contribution in [-0.4, -0.2) is 27.5 Å². The van der Waals surface area contributed by atoms with Crippen LogP contribution in [0.2, 0.25) is 0 Å². The van der Waals surface area contributed by atoms with E-state index in [0.717, 1.165) is 18.4 Å². The molecular weight excluding hydrogens is 324 g/mol. The molecule has 2 aromatic rings. The highest BCUT2D eigenvalue weighted by Gasteiger charge is 2.25. The summed E-state index contributed by atoms with van der Waals surface area (Å²) in [5.41, 5.74) is -0.277. The summed E-state index contributed by atoms with van der Waals surface area (Å²) in [5.74, 6) is 0.703. The van der Waals surface area contributed by atoms with Gasteiger partial charge in [-0.2, -0.15) is 16.4 Å². The van der Waals surface area contributed by atoms with Gasteiger partial charge in [-0.3, -0.25) is 5.32 Å². The molecule has 1 fully saturated rings. The Morgan fingerprint density at radius 3 is 2.92 bits per heavy atom. The topological polar surface area (TPSA) is 79.2 Å². The summed E-state index contributed by atoms with van der Waals surface area (Å²) >= 11 is 1.52. The van der Waals surface area contributed by atoms with E-state index in [1.54, 1.807) is 13.1 Å². The zero-order valence-electron chi connectivity index (χ0n) is 13.9. The number of aromatic nitrogens is 2. The lowest BCUT2D eigenvalue weighted by atomic mass is 9.96. The number of thiophene rings is 1. The number of rotatable bonds is 5. The fraction of sp³-hybridized carbons (Fsp3) is 0.529. The number of carbonyl (C=O) groups is 1. The molecule has 0 aliphatic heterocycles. The number of nitrogens with one attached hydrogen (secondary N) is 2. The van der Waals surface area contributed by atoms with Crippen LogP contribution in [0.3, 0.4) is 0 Å². The Bertz CT molecular complexity index is 660. The molecule has 0 aromatic carbocycles. The van der Waals surface area contributed by atoms with Gasteiger partial charge in [0.15, 0.2) is 0 Å². The van der Waals surface area contributed by atoms with Gasteiger partial charge in [-0.25, -0.2) is 9.48 Å². The summed E-state index contributed by atoms with van der Waals surface area (Å²) in [6.45, 7) is 1.84. The lowest BCUT2D eigenvalue weighted by Gasteiger charge is -2.25. The monoisotopic (exact) mass is 348 g/mol. The number of urea groups is 1. The van der Waals surface area contributed by atoms with Crippen LogP contribution in [0.1, 0.15) is 50.6 Å². The van der Waals surface area contributed by atoms with Gasteiger partial charge >= 0.3 is 6.03 Å². The average molecular weight is 348 g/mol. The summed E-state index contributed by atoms with van der Waals surface area (Å²) in [4.78, 5) is 12.2. The van der Waals surface area contributed by atoms with Gasteiger partial charge in [-0.15, -0.1) is 0 Å². The second-order valence-electron chi connectivity index (χ2n) is 6.55. The normalized spacial score (nSPS) is 18.1. The molecule has 1 saturated carbocycles. The lowest BCUT2D eigenvalue weighted by molar-refractivity contribution is 0.0604. The highest BCUT2D eigenvalue weighted by atomic mass is 32.1. The molecule has 1 aliphatic rings. The van der Waals surface area contributed by atoms with E-state index in [1.165, 1.54) is 30.6 Å². The van der Waals surface area contributed by atoms with Crippen molar-refractivity contribution in [2.75, 3.05) is 11.9 Å². The molecule has 0 bridgehead atoms. The molecule has 2 aromatic heterocycles. The van der Waals surface area contributed by atoms with Crippen LogP contribution in [0.15, 0.2) is 29.1 Å². The summed E-state index contributed by atoms with van der Waals surface area (Å²) in [6, 6.07) is 3.70. The first kappa shape index (κ1) is 17.0. The van der Waals surface area contributed by atoms with Gasteiger partial charge in [0.1, 0.15) is 11.4 Å². The molecule has 2 amide bonds. The van der Waals surface area contributed by atoms with E-state index >= 15 is 0 Å². The van der Waals surface area contributed by atoms with Crippen molar-refractivity contribution in [3.63, 3.8) is 0 Å². The minimum Gasteiger partial charge on any atom is -0.384 e. The van der Waals surface area contributed by atoms with Crippen molar-refractivity contribution in [1.29, 1.82) is 0 Å². The molecule has 3 rings (SSSR count). The van der Waals surface area contributed by atoms with E-state index in [1.807, 2.05) is 27.6 Å². The maximum atomic E-state index is 12.2. The largest absolute Gasteiger partial charge is 0.384 e. The molecule has 0 spiro atoms. The highest BCUT2D eigenvalue weighted by molar-refractivity contribution is 7.08. The van der Waals surface area contributed by atoms with Crippen molar-refractivity contribution in [3.8, 4) is 0 Å². The molecular formula is C17H24N4O2S. The number of carbonyl (C=O) groups excluding carboxylic acids is 1. The van der Waals surface area contributed by atoms with E-state index in [0.29, 0.717) is 11.9 Å². The van der Waals surface area contributed by atoms with Crippen LogP contribution >= 0.6 is 11.3 Å². The van der Waals surface area contributed by atoms with Crippen LogP contribution in [0.25, 0.3) is 0 Å². The Morgan fingerprint density at radius 1 is 1.42 bits per heavy atom. The minimum atomic E-state index is -1.08. The average Bonchev–Trinajstić information content (AvgIpc) is 3.26. The number of hydrogen-bond donors (Lipinski definition) is 3. The van der Waals surface area contributed by atoms with Crippen LogP contribution in [0.4, 0.5) is 10.6 Å². The summed E-state index contributed by atoms with van der Waals surface area (Å²) in [6.07, 6.45) is 7.61. The first-order chi connectivity index (χ1) is 11.6. The molecule has 0 saturated heterocycles. The lowest BCUT2D eigenvalue weighted by Crippen LogP contribution is -2.40. The zero-order valence-corrected chi connectivity index (χ0v) is 14.7. The van der Waals surface area contributed by atoms with Crippen LogP contribution in [0.5, 0.6) is 0 Å². The Labute approximate surface area is 145 Å². The molecule has 24 heavy (non-hydrogen) atoms. The molecule has 7 heteroatoms. The Hall–Kier alpha value is -1.86. The summed E-state index contributed by atoms with van der Waals surface area (Å²) in [5, 5.41) is 24.2. The van der Waals surface area contributed by atoms with Crippen molar-refractivity contribution in [2.24, 2.45) is 0 Å². The van der Waals surface area contributed by atoms with Crippen LogP contribution in [0, 0.1) is 0 Å². The number of hydrogen-bond acceptors (Lipinski definition) is 4. The predicted molar refractivity (Wildman–Crippen MR) is 95.3 cm³/mol. The standard InChI is InChI=1S/C17H24N4O2S/c1-17(23,13-8-10-24-11-13)12-18-16(22)20-15-7-9-19-21(15)14-5-3-2-4-6-14/h7-11,14,23H,2-6,12H2,1H3,(H2,18,20,22)/t17-/m1/s1. The minimum absolute atomic E-state index is 0.146. The predicted octanol–water partition coefficient (Wildman–Crippen LogP) is 3.48. The van der Waals surface area contributed by atoms with Crippen molar-refractivity contribution in [2.45, 2.75) is 50.7 Å². The smallest absolute Gasteiger partial charge is 0.320 e. The quantitative estimate of drug-likeness (QED) is 0.774. The van der Waals surface area contributed by atoms with E-state index in [4.69, 9.17) is 0 Å². The Balaban J connectivity index is 1.57. The van der Waals surface area contributed by atoms with Gasteiger partial charge in [0.05, 0.1) is 18.8 Å². The maximum Gasteiger partial charge on any atom is 0.320 e. The van der Waals surface area contributed by atoms with E-state index in [2.05, 4.69) is 15.7 Å². The third kappa shape index (κ3) is 3.96. The first-order valence-electron chi connectivity index (χ1n) is 8.40. The number of aliphatic hydroxyl groups is 1. The third-order valence-electron chi connectivity index (χ3n) is 4.57. The van der Waals surface area contributed by atoms with Crippen molar-refractivity contribution < 1.29 is 9.90 Å². The number of amides is 2. The first-order valence-corrected chi connectivity index (χ1v) is 9.34. The molecule has 6 nitrogen and oxygen atoms in total. The third-order valence-corrected chi connectivity index (χ3v) is 5.25. The van der Waals surface area contributed by atoms with E-state index in [-0.39, 0.29) is 12.6 Å². The van der Waals surface area contributed by atoms with Gasteiger partial charge < -0.3 is 10.4 Å². The number of anilines is 1. The van der Waals surface area contributed by atoms with Crippen molar-refractivity contribution in [1.82, 2.24) is 15.1 Å². The fourth-order valence-electron chi connectivity index (χ4n) is 3.12. The Morgan fingerprint density at radius 2 is 2.21 bits per heavy atom. The Kier molecular flexibility index (Phi) is 5.20. The van der Waals surface area contributed by atoms with Crippen LogP contribution < -0.4 is 10.6 Å². The zero-order chi connectivity index (χ0) is 17.0. The highest BCUT2D eigenvalue weighted by Crippen LogP contribution is 2.29. The second-order valence-corrected chi connectivity index (χ2v) is 7.33. The van der Waals surface area contributed by atoms with Crippen molar-refractivity contribution >= 4 is 23.2 Å². The molecule has 0 unspecified atom stereocenters. The van der Waals surface area contributed by atoms with E-state index in [9.17, 15) is 9.90 Å². The summed E-state index contributed by atoms with van der Waals surface area (Å²) < 4.78 is 1.91. The number of nitrogens with zero attached hydrogens (tertiary/aromatic N) is 2. The van der Waals surface area contributed by atoms with Crippen molar-refractivity contribution in [3.05, 3.63) is 34.7 Å². The van der Waals surface area contributed by atoms with Crippen LogP contribution in [-0.2, 0) is 5.60 Å². The summed E-state index contributed by atoms with van der Waals surface area (Å²) in [7, 11) is 0. The van der Waals surface area contributed by atoms with Gasteiger partial charge in [0.2, 0.25) is 0 Å². The van der Waals surface area contributed by atoms with Gasteiger partial charge in [-0.05, 0) is 42.2 Å². The molecule has 0 radical (unpaired) electrons. The molecule has 3 N–H and O–H groups in total. The maximum absolute atomic E-state index is 12.2. The van der Waals surface area contributed by atoms with Gasteiger partial charge in [-0.1, -0.05) is 19.3 Å². The molecule has 1 atom stereocenters. The van der Waals surface area contributed by atoms with Gasteiger partial charge in [0.25, 0.3) is 0 Å².